The fraction of sp³-hybridized carbons (Fsp3) is 0.600. The first kappa shape index (κ1) is 17.0. The molecule has 24 heavy (non-hydrogen) atoms. The number of hydrogen-bond donors (Lipinski definition) is 0. The zero-order chi connectivity index (χ0) is 16.9. The molecule has 2 amide bonds. The summed E-state index contributed by atoms with van der Waals surface area (Å²) in [5.74, 6) is 0.789. The molecule has 1 saturated heterocycles. The van der Waals surface area contributed by atoms with E-state index in [4.69, 9.17) is 0 Å². The maximum Gasteiger partial charge on any atom is 0.225 e. The molecule has 0 bridgehead atoms. The largest absolute Gasteiger partial charge is 0.341 e. The Labute approximate surface area is 144 Å². The Balaban J connectivity index is 1.47. The van der Waals surface area contributed by atoms with E-state index in [1.807, 2.05) is 9.80 Å². The van der Waals surface area contributed by atoms with Crippen LogP contribution >= 0.6 is 0 Å². The van der Waals surface area contributed by atoms with Crippen molar-refractivity contribution < 1.29 is 9.59 Å². The van der Waals surface area contributed by atoms with Gasteiger partial charge in [-0.15, -0.1) is 0 Å². The van der Waals surface area contributed by atoms with Crippen LogP contribution in [0.25, 0.3) is 0 Å². The van der Waals surface area contributed by atoms with Crippen LogP contribution in [0.4, 0.5) is 0 Å². The Morgan fingerprint density at radius 2 is 1.62 bits per heavy atom. The second-order valence-electron chi connectivity index (χ2n) is 7.17. The second kappa shape index (κ2) is 7.82. The van der Waals surface area contributed by atoms with Crippen molar-refractivity contribution in [1.82, 2.24) is 9.80 Å². The van der Waals surface area contributed by atoms with Gasteiger partial charge in [0.25, 0.3) is 0 Å². The van der Waals surface area contributed by atoms with E-state index in [0.717, 1.165) is 38.8 Å². The average molecular weight is 328 g/mol. The van der Waals surface area contributed by atoms with Gasteiger partial charge in [0.15, 0.2) is 0 Å². The number of aryl methyl sites for hydroxylation is 2. The van der Waals surface area contributed by atoms with Gasteiger partial charge in [0, 0.05) is 38.5 Å². The first-order chi connectivity index (χ1) is 11.6. The van der Waals surface area contributed by atoms with Crippen LogP contribution in [-0.4, -0.2) is 47.8 Å². The SMILES string of the molecule is Cc1ccc(CCC(=O)N2CCCN(C(=O)C3CCC3)CC2)cc1. The van der Waals surface area contributed by atoms with Crippen molar-refractivity contribution in [3.05, 3.63) is 35.4 Å². The third-order valence-corrected chi connectivity index (χ3v) is 5.36. The molecular formula is C20H28N2O2. The topological polar surface area (TPSA) is 40.6 Å². The molecule has 2 aliphatic rings. The summed E-state index contributed by atoms with van der Waals surface area (Å²) in [6.45, 7) is 5.04. The molecule has 130 valence electrons. The van der Waals surface area contributed by atoms with Gasteiger partial charge >= 0.3 is 0 Å². The van der Waals surface area contributed by atoms with Gasteiger partial charge in [-0.1, -0.05) is 36.2 Å². The molecule has 0 atom stereocenters. The summed E-state index contributed by atoms with van der Waals surface area (Å²) < 4.78 is 0. The molecule has 1 aliphatic carbocycles. The molecule has 3 rings (SSSR count). The highest BCUT2D eigenvalue weighted by Crippen LogP contribution is 2.28. The maximum absolute atomic E-state index is 12.5. The quantitative estimate of drug-likeness (QED) is 0.853. The molecule has 4 heteroatoms. The molecule has 0 unspecified atom stereocenters. The summed E-state index contributed by atoms with van der Waals surface area (Å²) in [5, 5.41) is 0. The number of rotatable bonds is 4. The summed E-state index contributed by atoms with van der Waals surface area (Å²) in [6.07, 6.45) is 5.53. The Morgan fingerprint density at radius 3 is 2.29 bits per heavy atom. The third kappa shape index (κ3) is 4.16. The third-order valence-electron chi connectivity index (χ3n) is 5.36. The van der Waals surface area contributed by atoms with E-state index in [2.05, 4.69) is 31.2 Å². The minimum Gasteiger partial charge on any atom is -0.341 e. The van der Waals surface area contributed by atoms with Crippen LogP contribution in [0, 0.1) is 12.8 Å². The van der Waals surface area contributed by atoms with Crippen LogP contribution in [0.3, 0.4) is 0 Å². The van der Waals surface area contributed by atoms with Gasteiger partial charge < -0.3 is 9.80 Å². The minimum absolute atomic E-state index is 0.216. The Morgan fingerprint density at radius 1 is 0.958 bits per heavy atom. The first-order valence-electron chi connectivity index (χ1n) is 9.25. The molecular weight excluding hydrogens is 300 g/mol. The molecule has 4 nitrogen and oxygen atoms in total. The van der Waals surface area contributed by atoms with Crippen LogP contribution in [0.1, 0.15) is 43.2 Å². The monoisotopic (exact) mass is 328 g/mol. The van der Waals surface area contributed by atoms with E-state index in [1.54, 1.807) is 0 Å². The lowest BCUT2D eigenvalue weighted by Gasteiger charge is -2.31. The predicted octanol–water partition coefficient (Wildman–Crippen LogP) is 2.79. The Hall–Kier alpha value is -1.84. The van der Waals surface area contributed by atoms with E-state index < -0.39 is 0 Å². The smallest absolute Gasteiger partial charge is 0.225 e. The average Bonchev–Trinajstić information content (AvgIpc) is 2.78. The predicted molar refractivity (Wildman–Crippen MR) is 94.6 cm³/mol. The van der Waals surface area contributed by atoms with Crippen molar-refractivity contribution in [2.45, 2.75) is 45.4 Å². The van der Waals surface area contributed by atoms with E-state index in [9.17, 15) is 9.59 Å². The molecule has 0 spiro atoms. The highest BCUT2D eigenvalue weighted by atomic mass is 16.2. The van der Waals surface area contributed by atoms with Crippen LogP contribution in [0.15, 0.2) is 24.3 Å². The summed E-state index contributed by atoms with van der Waals surface area (Å²) in [5.41, 5.74) is 2.46. The number of amides is 2. The fourth-order valence-electron chi connectivity index (χ4n) is 3.46. The van der Waals surface area contributed by atoms with Crippen molar-refractivity contribution >= 4 is 11.8 Å². The van der Waals surface area contributed by atoms with Crippen molar-refractivity contribution in [3.63, 3.8) is 0 Å². The summed E-state index contributed by atoms with van der Waals surface area (Å²) in [7, 11) is 0. The first-order valence-corrected chi connectivity index (χ1v) is 9.25. The zero-order valence-electron chi connectivity index (χ0n) is 14.7. The maximum atomic E-state index is 12.5. The zero-order valence-corrected chi connectivity index (χ0v) is 14.7. The normalized spacial score (nSPS) is 18.9. The standard InChI is InChI=1S/C20H28N2O2/c1-16-6-8-17(9-7-16)10-11-19(23)21-12-3-13-22(15-14-21)20(24)18-4-2-5-18/h6-9,18H,2-5,10-15H2,1H3. The highest BCUT2D eigenvalue weighted by Gasteiger charge is 2.30. The van der Waals surface area contributed by atoms with Gasteiger partial charge in [0.2, 0.25) is 11.8 Å². The van der Waals surface area contributed by atoms with E-state index in [-0.39, 0.29) is 11.8 Å². The fourth-order valence-corrected chi connectivity index (χ4v) is 3.46. The number of nitrogens with zero attached hydrogens (tertiary/aromatic N) is 2. The molecule has 1 aromatic carbocycles. The van der Waals surface area contributed by atoms with E-state index in [0.29, 0.717) is 25.4 Å². The van der Waals surface area contributed by atoms with Crippen molar-refractivity contribution in [3.8, 4) is 0 Å². The highest BCUT2D eigenvalue weighted by molar-refractivity contribution is 5.80. The van der Waals surface area contributed by atoms with Crippen LogP contribution in [-0.2, 0) is 16.0 Å². The number of hydrogen-bond acceptors (Lipinski definition) is 2. The molecule has 1 aliphatic heterocycles. The van der Waals surface area contributed by atoms with Gasteiger partial charge in [0.05, 0.1) is 0 Å². The molecule has 1 aromatic rings. The van der Waals surface area contributed by atoms with Gasteiger partial charge in [-0.3, -0.25) is 9.59 Å². The van der Waals surface area contributed by atoms with Gasteiger partial charge in [-0.2, -0.15) is 0 Å². The molecule has 1 heterocycles. The van der Waals surface area contributed by atoms with Crippen LogP contribution in [0.5, 0.6) is 0 Å². The van der Waals surface area contributed by atoms with Crippen molar-refractivity contribution in [1.29, 1.82) is 0 Å². The van der Waals surface area contributed by atoms with Crippen LogP contribution < -0.4 is 0 Å². The molecule has 0 aromatic heterocycles. The van der Waals surface area contributed by atoms with Gasteiger partial charge in [-0.05, 0) is 38.2 Å². The summed E-state index contributed by atoms with van der Waals surface area (Å²) in [4.78, 5) is 28.8. The second-order valence-corrected chi connectivity index (χ2v) is 7.17. The molecule has 2 fully saturated rings. The lowest BCUT2D eigenvalue weighted by molar-refractivity contribution is -0.138. The number of carbonyl (C=O) groups is 2. The van der Waals surface area contributed by atoms with Crippen molar-refractivity contribution in [2.75, 3.05) is 26.2 Å². The summed E-state index contributed by atoms with van der Waals surface area (Å²) >= 11 is 0. The number of carbonyl (C=O) groups excluding carboxylic acids is 2. The lowest BCUT2D eigenvalue weighted by Crippen LogP contribution is -2.41. The van der Waals surface area contributed by atoms with Gasteiger partial charge in [0.1, 0.15) is 0 Å². The minimum atomic E-state index is 0.216. The molecule has 0 N–H and O–H groups in total. The molecule has 1 saturated carbocycles. The Bertz CT molecular complexity index is 578. The van der Waals surface area contributed by atoms with Crippen LogP contribution in [0.2, 0.25) is 0 Å². The number of benzene rings is 1. The summed E-state index contributed by atoms with van der Waals surface area (Å²) in [6, 6.07) is 8.39. The molecule has 0 radical (unpaired) electrons. The van der Waals surface area contributed by atoms with E-state index >= 15 is 0 Å². The van der Waals surface area contributed by atoms with Gasteiger partial charge in [-0.25, -0.2) is 0 Å². The van der Waals surface area contributed by atoms with E-state index in [1.165, 1.54) is 17.5 Å². The lowest BCUT2D eigenvalue weighted by atomic mass is 9.84. The van der Waals surface area contributed by atoms with Crippen molar-refractivity contribution in [2.24, 2.45) is 5.92 Å². The Kier molecular flexibility index (Phi) is 5.54.